The Bertz CT molecular complexity index is 1200. The minimum absolute atomic E-state index is 0.0976. The van der Waals surface area contributed by atoms with Gasteiger partial charge in [0.2, 0.25) is 0 Å². The smallest absolute Gasteiger partial charge is 0.354 e. The van der Waals surface area contributed by atoms with E-state index in [1.807, 2.05) is 0 Å². The number of aromatic nitrogens is 1. The fourth-order valence-corrected chi connectivity index (χ4v) is 4.94. The van der Waals surface area contributed by atoms with Crippen molar-refractivity contribution in [2.75, 3.05) is 46.5 Å². The van der Waals surface area contributed by atoms with Crippen LogP contribution in [0.15, 0.2) is 29.8 Å². The number of amides is 1. The molecule has 0 aliphatic carbocycles. The Balaban J connectivity index is 1.74. The standard InChI is InChI=1S/C26H30FN3O6/c1-15-19(16(2)28-21(15)26(34)35-3)23(31)20-22(17-5-7-18(27)8-6-17)30(25(33)24(20)32)10-4-9-29-11-13-36-14-12-29/h5-8,22,28,31H,4,9-14H2,1-3H3/t22-/m0/s1. The third kappa shape index (κ3) is 4.78. The number of Topliss-reactive ketones (excluding diaryl/α,β-unsaturated/α-hetero) is 1. The van der Waals surface area contributed by atoms with Crippen LogP contribution in [0.2, 0.25) is 0 Å². The van der Waals surface area contributed by atoms with Crippen LogP contribution in [-0.2, 0) is 19.1 Å². The zero-order chi connectivity index (χ0) is 26.0. The van der Waals surface area contributed by atoms with E-state index in [0.717, 1.165) is 19.6 Å². The van der Waals surface area contributed by atoms with Gasteiger partial charge in [0.1, 0.15) is 17.3 Å². The summed E-state index contributed by atoms with van der Waals surface area (Å²) >= 11 is 0. The molecule has 0 radical (unpaired) electrons. The maximum Gasteiger partial charge on any atom is 0.354 e. The van der Waals surface area contributed by atoms with Crippen molar-refractivity contribution in [2.24, 2.45) is 0 Å². The number of carbonyl (C=O) groups is 3. The molecule has 1 amide bonds. The highest BCUT2D eigenvalue weighted by Gasteiger charge is 2.46. The third-order valence-electron chi connectivity index (χ3n) is 6.77. The van der Waals surface area contributed by atoms with Gasteiger partial charge >= 0.3 is 5.97 Å². The van der Waals surface area contributed by atoms with E-state index in [4.69, 9.17) is 9.47 Å². The Labute approximate surface area is 208 Å². The van der Waals surface area contributed by atoms with Gasteiger partial charge in [-0.05, 0) is 43.5 Å². The van der Waals surface area contributed by atoms with Crippen molar-refractivity contribution in [1.82, 2.24) is 14.8 Å². The summed E-state index contributed by atoms with van der Waals surface area (Å²) in [6.07, 6.45) is 0.611. The molecule has 2 N–H and O–H groups in total. The number of aliphatic hydroxyl groups excluding tert-OH is 1. The summed E-state index contributed by atoms with van der Waals surface area (Å²) < 4.78 is 23.9. The Morgan fingerprint density at radius 1 is 1.17 bits per heavy atom. The number of aryl methyl sites for hydroxylation is 1. The molecule has 4 rings (SSSR count). The Kier molecular flexibility index (Phi) is 7.56. The average Bonchev–Trinajstić information content (AvgIpc) is 3.31. The molecule has 2 aromatic rings. The number of hydrogen-bond acceptors (Lipinski definition) is 7. The van der Waals surface area contributed by atoms with Crippen molar-refractivity contribution in [3.05, 3.63) is 63.7 Å². The number of nitrogens with one attached hydrogen (secondary N) is 1. The molecule has 0 bridgehead atoms. The average molecular weight is 500 g/mol. The highest BCUT2D eigenvalue weighted by molar-refractivity contribution is 6.46. The predicted molar refractivity (Wildman–Crippen MR) is 129 cm³/mol. The van der Waals surface area contributed by atoms with Crippen molar-refractivity contribution in [1.29, 1.82) is 0 Å². The van der Waals surface area contributed by atoms with Gasteiger partial charge in [-0.15, -0.1) is 0 Å². The van der Waals surface area contributed by atoms with Crippen LogP contribution in [-0.4, -0.2) is 84.1 Å². The van der Waals surface area contributed by atoms with Gasteiger partial charge in [-0.25, -0.2) is 9.18 Å². The topological polar surface area (TPSA) is 112 Å². The van der Waals surface area contributed by atoms with Crippen molar-refractivity contribution in [3.8, 4) is 0 Å². The number of rotatable bonds is 7. The molecule has 1 aromatic carbocycles. The molecule has 9 nitrogen and oxygen atoms in total. The number of ether oxygens (including phenoxy) is 2. The maximum atomic E-state index is 13.7. The number of carbonyl (C=O) groups excluding carboxylic acids is 3. The number of nitrogens with zero attached hydrogens (tertiary/aromatic N) is 2. The van der Waals surface area contributed by atoms with Crippen LogP contribution in [0.3, 0.4) is 0 Å². The van der Waals surface area contributed by atoms with Crippen molar-refractivity contribution in [3.63, 3.8) is 0 Å². The molecule has 3 heterocycles. The number of morpholine rings is 1. The van der Waals surface area contributed by atoms with Gasteiger partial charge in [-0.1, -0.05) is 12.1 Å². The van der Waals surface area contributed by atoms with Crippen molar-refractivity contribution < 1.29 is 33.4 Å². The second-order valence-electron chi connectivity index (χ2n) is 8.97. The molecule has 0 unspecified atom stereocenters. The number of esters is 1. The van der Waals surface area contributed by atoms with E-state index in [1.165, 1.54) is 36.3 Å². The molecule has 0 saturated carbocycles. The predicted octanol–water partition coefficient (Wildman–Crippen LogP) is 2.70. The molecule has 0 spiro atoms. The number of likely N-dealkylation sites (tertiary alicyclic amines) is 1. The lowest BCUT2D eigenvalue weighted by atomic mass is 9.94. The second-order valence-corrected chi connectivity index (χ2v) is 8.97. The van der Waals surface area contributed by atoms with E-state index < -0.39 is 29.5 Å². The van der Waals surface area contributed by atoms with Crippen LogP contribution in [0, 0.1) is 19.7 Å². The van der Waals surface area contributed by atoms with Crippen LogP contribution in [0.4, 0.5) is 4.39 Å². The van der Waals surface area contributed by atoms with Crippen LogP contribution in [0.5, 0.6) is 0 Å². The quantitative estimate of drug-likeness (QED) is 0.261. The first-order valence-electron chi connectivity index (χ1n) is 11.9. The molecule has 2 aliphatic rings. The van der Waals surface area contributed by atoms with Crippen LogP contribution in [0.1, 0.15) is 45.3 Å². The van der Waals surface area contributed by atoms with Crippen LogP contribution < -0.4 is 0 Å². The Morgan fingerprint density at radius 3 is 2.47 bits per heavy atom. The molecule has 1 aromatic heterocycles. The third-order valence-corrected chi connectivity index (χ3v) is 6.77. The van der Waals surface area contributed by atoms with E-state index in [1.54, 1.807) is 13.8 Å². The number of halogens is 1. The normalized spacial score (nSPS) is 20.2. The maximum absolute atomic E-state index is 13.7. The van der Waals surface area contributed by atoms with E-state index >= 15 is 0 Å². The van der Waals surface area contributed by atoms with Gasteiger partial charge < -0.3 is 24.5 Å². The lowest BCUT2D eigenvalue weighted by Gasteiger charge is -2.29. The monoisotopic (exact) mass is 499 g/mol. The molecule has 1 atom stereocenters. The van der Waals surface area contributed by atoms with Gasteiger partial charge in [-0.2, -0.15) is 0 Å². The molecule has 2 saturated heterocycles. The van der Waals surface area contributed by atoms with E-state index in [0.29, 0.717) is 36.5 Å². The van der Waals surface area contributed by atoms with Crippen molar-refractivity contribution >= 4 is 23.4 Å². The van der Waals surface area contributed by atoms with Crippen LogP contribution >= 0.6 is 0 Å². The Morgan fingerprint density at radius 2 is 1.83 bits per heavy atom. The number of ketones is 1. The lowest BCUT2D eigenvalue weighted by molar-refractivity contribution is -0.140. The first-order chi connectivity index (χ1) is 17.2. The molecule has 36 heavy (non-hydrogen) atoms. The summed E-state index contributed by atoms with van der Waals surface area (Å²) in [7, 11) is 1.24. The molecule has 2 aliphatic heterocycles. The first-order valence-corrected chi connectivity index (χ1v) is 11.9. The summed E-state index contributed by atoms with van der Waals surface area (Å²) in [4.78, 5) is 45.1. The fourth-order valence-electron chi connectivity index (χ4n) is 4.94. The van der Waals surface area contributed by atoms with E-state index in [2.05, 4.69) is 9.88 Å². The van der Waals surface area contributed by atoms with E-state index in [-0.39, 0.29) is 29.1 Å². The molecular weight excluding hydrogens is 469 g/mol. The number of benzene rings is 1. The minimum atomic E-state index is -0.898. The summed E-state index contributed by atoms with van der Waals surface area (Å²) in [5.41, 5.74) is 1.65. The summed E-state index contributed by atoms with van der Waals surface area (Å²) in [5.74, 6) is -3.02. The van der Waals surface area contributed by atoms with Gasteiger partial charge in [0.05, 0.1) is 31.9 Å². The van der Waals surface area contributed by atoms with Crippen molar-refractivity contribution in [2.45, 2.75) is 26.3 Å². The number of hydrogen-bond donors (Lipinski definition) is 2. The highest BCUT2D eigenvalue weighted by atomic mass is 19.1. The van der Waals surface area contributed by atoms with Gasteiger partial charge in [0.25, 0.3) is 11.7 Å². The lowest BCUT2D eigenvalue weighted by Crippen LogP contribution is -2.38. The molecule has 2 fully saturated rings. The summed E-state index contributed by atoms with van der Waals surface area (Å²) in [6.45, 7) is 7.19. The molecular formula is C26H30FN3O6. The number of aromatic amines is 1. The Hall–Kier alpha value is -3.50. The molecule has 192 valence electrons. The van der Waals surface area contributed by atoms with Gasteiger partial charge in [0.15, 0.2) is 0 Å². The van der Waals surface area contributed by atoms with Gasteiger partial charge in [-0.3, -0.25) is 14.5 Å². The SMILES string of the molecule is COC(=O)c1[nH]c(C)c(C(O)=C2C(=O)C(=O)N(CCCN3CCOCC3)[C@H]2c2ccc(F)cc2)c1C. The highest BCUT2D eigenvalue weighted by Crippen LogP contribution is 2.41. The zero-order valence-electron chi connectivity index (χ0n) is 20.6. The summed E-state index contributed by atoms with van der Waals surface area (Å²) in [5, 5.41) is 11.4. The van der Waals surface area contributed by atoms with Gasteiger partial charge in [0, 0.05) is 37.4 Å². The number of methoxy groups -OCH3 is 1. The second kappa shape index (κ2) is 10.6. The number of H-pyrrole nitrogens is 1. The zero-order valence-corrected chi connectivity index (χ0v) is 20.6. The molecule has 10 heteroatoms. The summed E-state index contributed by atoms with van der Waals surface area (Å²) in [6, 6.07) is 4.62. The van der Waals surface area contributed by atoms with Crippen LogP contribution in [0.25, 0.3) is 5.76 Å². The first kappa shape index (κ1) is 25.6. The van der Waals surface area contributed by atoms with E-state index in [9.17, 15) is 23.9 Å². The minimum Gasteiger partial charge on any atom is -0.507 e. The fraction of sp³-hybridized carbons (Fsp3) is 0.423. The largest absolute Gasteiger partial charge is 0.507 e. The number of aliphatic hydroxyl groups is 1.